The zero-order valence-electron chi connectivity index (χ0n) is 10.3. The van der Waals surface area contributed by atoms with Crippen molar-refractivity contribution in [1.29, 1.82) is 0 Å². The van der Waals surface area contributed by atoms with Gasteiger partial charge in [0.15, 0.2) is 0 Å². The summed E-state index contributed by atoms with van der Waals surface area (Å²) in [5.41, 5.74) is -0.219. The van der Waals surface area contributed by atoms with Crippen molar-refractivity contribution < 1.29 is 28.7 Å². The van der Waals surface area contributed by atoms with Gasteiger partial charge in [-0.3, -0.25) is 14.4 Å². The highest BCUT2D eigenvalue weighted by atomic mass is 16.6. The number of esters is 4. The maximum atomic E-state index is 10.9. The van der Waals surface area contributed by atoms with Crippen LogP contribution in [0.1, 0.15) is 33.1 Å². The summed E-state index contributed by atoms with van der Waals surface area (Å²) >= 11 is 0. The van der Waals surface area contributed by atoms with Gasteiger partial charge in [0.1, 0.15) is 0 Å². The molecular weight excluding hydrogens is 240 g/mol. The number of rotatable bonds is 0. The molecule has 2 aliphatic rings. The Morgan fingerprint density at radius 2 is 1.67 bits per heavy atom. The van der Waals surface area contributed by atoms with Gasteiger partial charge in [-0.25, -0.2) is 4.79 Å². The fourth-order valence-electron chi connectivity index (χ4n) is 1.27. The normalized spacial score (nSPS) is 22.0. The molecule has 0 bridgehead atoms. The van der Waals surface area contributed by atoms with E-state index in [0.717, 1.165) is 0 Å². The SMILES string of the molecule is C=C1CC(=O)OC1=O.CC1(C)CCC(=O)OC1=O. The predicted octanol–water partition coefficient (Wildman–Crippen LogP) is 0.892. The van der Waals surface area contributed by atoms with Crippen LogP contribution < -0.4 is 0 Å². The van der Waals surface area contributed by atoms with Crippen LogP contribution in [0.5, 0.6) is 0 Å². The molecule has 0 aliphatic carbocycles. The molecule has 0 atom stereocenters. The van der Waals surface area contributed by atoms with Crippen LogP contribution in [0.3, 0.4) is 0 Å². The van der Waals surface area contributed by atoms with Gasteiger partial charge in [0.25, 0.3) is 0 Å². The Bertz CT molecular complexity index is 414. The summed E-state index contributed by atoms with van der Waals surface area (Å²) in [7, 11) is 0. The van der Waals surface area contributed by atoms with Gasteiger partial charge in [-0.05, 0) is 20.3 Å². The molecule has 2 rings (SSSR count). The smallest absolute Gasteiger partial charge is 0.341 e. The van der Waals surface area contributed by atoms with Crippen molar-refractivity contribution in [3.8, 4) is 0 Å². The Balaban J connectivity index is 0.000000184. The standard InChI is InChI=1S/C7H10O3.C5H4O3/c1-7(2)4-3-5(8)10-6(7)9;1-3-2-4(6)8-5(3)7/h3-4H2,1-2H3;1-2H2. The Morgan fingerprint density at radius 1 is 1.06 bits per heavy atom. The monoisotopic (exact) mass is 254 g/mol. The highest BCUT2D eigenvalue weighted by Crippen LogP contribution is 2.28. The summed E-state index contributed by atoms with van der Waals surface area (Å²) in [4.78, 5) is 41.8. The molecule has 6 nitrogen and oxygen atoms in total. The quantitative estimate of drug-likeness (QED) is 0.362. The molecule has 2 heterocycles. The fraction of sp³-hybridized carbons (Fsp3) is 0.500. The molecule has 2 fully saturated rings. The van der Waals surface area contributed by atoms with Gasteiger partial charge in [0, 0.05) is 12.0 Å². The van der Waals surface area contributed by atoms with Gasteiger partial charge >= 0.3 is 23.9 Å². The summed E-state index contributed by atoms with van der Waals surface area (Å²) in [5, 5.41) is 0. The summed E-state index contributed by atoms with van der Waals surface area (Å²) in [5.74, 6) is -1.89. The average molecular weight is 254 g/mol. The van der Waals surface area contributed by atoms with Crippen molar-refractivity contribution in [3.63, 3.8) is 0 Å². The number of cyclic esters (lactones) is 4. The van der Waals surface area contributed by atoms with E-state index in [4.69, 9.17) is 0 Å². The third-order valence-electron chi connectivity index (χ3n) is 2.57. The summed E-state index contributed by atoms with van der Waals surface area (Å²) in [6.07, 6.45) is 1.02. The zero-order chi connectivity index (χ0) is 13.9. The van der Waals surface area contributed by atoms with Crippen LogP contribution in [0.15, 0.2) is 12.2 Å². The molecule has 6 heteroatoms. The molecule has 0 N–H and O–H groups in total. The molecule has 0 aromatic carbocycles. The van der Waals surface area contributed by atoms with Crippen molar-refractivity contribution in [2.24, 2.45) is 5.41 Å². The van der Waals surface area contributed by atoms with Crippen LogP contribution >= 0.6 is 0 Å². The van der Waals surface area contributed by atoms with Crippen molar-refractivity contribution in [3.05, 3.63) is 12.2 Å². The number of hydrogen-bond acceptors (Lipinski definition) is 6. The van der Waals surface area contributed by atoms with Gasteiger partial charge in [-0.15, -0.1) is 0 Å². The van der Waals surface area contributed by atoms with Crippen molar-refractivity contribution in [1.82, 2.24) is 0 Å². The molecule has 0 aromatic heterocycles. The third kappa shape index (κ3) is 3.51. The van der Waals surface area contributed by atoms with E-state index in [1.165, 1.54) is 0 Å². The van der Waals surface area contributed by atoms with Gasteiger partial charge < -0.3 is 9.47 Å². The highest BCUT2D eigenvalue weighted by molar-refractivity contribution is 6.05. The molecule has 2 saturated heterocycles. The minimum absolute atomic E-state index is 0.0544. The van der Waals surface area contributed by atoms with E-state index in [9.17, 15) is 19.2 Å². The van der Waals surface area contributed by atoms with Crippen LogP contribution in [-0.4, -0.2) is 23.9 Å². The van der Waals surface area contributed by atoms with E-state index in [1.54, 1.807) is 13.8 Å². The maximum absolute atomic E-state index is 10.9. The first-order valence-electron chi connectivity index (χ1n) is 5.40. The van der Waals surface area contributed by atoms with Gasteiger partial charge in [-0.1, -0.05) is 6.58 Å². The Morgan fingerprint density at radius 3 is 1.94 bits per heavy atom. The molecule has 98 valence electrons. The number of hydrogen-bond donors (Lipinski definition) is 0. The Kier molecular flexibility index (Phi) is 4.00. The van der Waals surface area contributed by atoms with E-state index < -0.39 is 29.3 Å². The minimum Gasteiger partial charge on any atom is -0.393 e. The van der Waals surface area contributed by atoms with Crippen molar-refractivity contribution in [2.45, 2.75) is 33.1 Å². The number of carbonyl (C=O) groups is 4. The second kappa shape index (κ2) is 5.12. The van der Waals surface area contributed by atoms with E-state index in [1.807, 2.05) is 0 Å². The average Bonchev–Trinajstić information content (AvgIpc) is 2.52. The van der Waals surface area contributed by atoms with Crippen LogP contribution in [0, 0.1) is 5.41 Å². The predicted molar refractivity (Wildman–Crippen MR) is 59.0 cm³/mol. The number of ether oxygens (including phenoxy) is 2. The number of carbonyl (C=O) groups excluding carboxylic acids is 4. The Hall–Kier alpha value is -1.98. The minimum atomic E-state index is -0.588. The molecular formula is C12H14O6. The second-order valence-electron chi connectivity index (χ2n) is 4.69. The summed E-state index contributed by atoms with van der Waals surface area (Å²) in [6, 6.07) is 0. The first-order valence-corrected chi connectivity index (χ1v) is 5.40. The van der Waals surface area contributed by atoms with E-state index >= 15 is 0 Å². The van der Waals surface area contributed by atoms with Crippen LogP contribution in [0.25, 0.3) is 0 Å². The van der Waals surface area contributed by atoms with Gasteiger partial charge in [-0.2, -0.15) is 0 Å². The molecule has 0 unspecified atom stereocenters. The lowest BCUT2D eigenvalue weighted by Crippen LogP contribution is -2.34. The van der Waals surface area contributed by atoms with Crippen LogP contribution in [0.4, 0.5) is 0 Å². The maximum Gasteiger partial charge on any atom is 0.341 e. The van der Waals surface area contributed by atoms with E-state index in [-0.39, 0.29) is 12.0 Å². The lowest BCUT2D eigenvalue weighted by Gasteiger charge is -2.25. The lowest BCUT2D eigenvalue weighted by atomic mass is 9.86. The summed E-state index contributed by atoms with van der Waals surface area (Å²) < 4.78 is 8.52. The lowest BCUT2D eigenvalue weighted by molar-refractivity contribution is -0.172. The first kappa shape index (κ1) is 14.1. The first-order chi connectivity index (χ1) is 8.22. The molecule has 0 radical (unpaired) electrons. The molecule has 0 amide bonds. The van der Waals surface area contributed by atoms with E-state index in [2.05, 4.69) is 16.1 Å². The fourth-order valence-corrected chi connectivity index (χ4v) is 1.27. The molecule has 2 aliphatic heterocycles. The molecule has 18 heavy (non-hydrogen) atoms. The van der Waals surface area contributed by atoms with Crippen molar-refractivity contribution >= 4 is 23.9 Å². The van der Waals surface area contributed by atoms with Crippen LogP contribution in [0.2, 0.25) is 0 Å². The highest BCUT2D eigenvalue weighted by Gasteiger charge is 2.35. The third-order valence-corrected chi connectivity index (χ3v) is 2.57. The molecule has 0 spiro atoms. The van der Waals surface area contributed by atoms with Gasteiger partial charge in [0.2, 0.25) is 0 Å². The van der Waals surface area contributed by atoms with Gasteiger partial charge in [0.05, 0.1) is 11.8 Å². The molecule has 0 saturated carbocycles. The second-order valence-corrected chi connectivity index (χ2v) is 4.69. The zero-order valence-corrected chi connectivity index (χ0v) is 10.3. The molecule has 0 aromatic rings. The Labute approximate surface area is 104 Å². The largest absolute Gasteiger partial charge is 0.393 e. The topological polar surface area (TPSA) is 86.7 Å². The van der Waals surface area contributed by atoms with Crippen molar-refractivity contribution in [2.75, 3.05) is 0 Å². The van der Waals surface area contributed by atoms with Crippen LogP contribution in [-0.2, 0) is 28.7 Å². The van der Waals surface area contributed by atoms with E-state index in [0.29, 0.717) is 12.8 Å². The summed E-state index contributed by atoms with van der Waals surface area (Å²) in [6.45, 7) is 6.85.